The third-order valence-corrected chi connectivity index (χ3v) is 6.75. The molecule has 0 saturated heterocycles. The number of benzene rings is 1. The van der Waals surface area contributed by atoms with E-state index in [0.29, 0.717) is 58.0 Å². The van der Waals surface area contributed by atoms with Gasteiger partial charge in [0.05, 0.1) is 10.6 Å². The highest BCUT2D eigenvalue weighted by Gasteiger charge is 2.24. The first-order valence-electron chi connectivity index (χ1n) is 9.97. The van der Waals surface area contributed by atoms with Crippen molar-refractivity contribution in [3.63, 3.8) is 0 Å². The van der Waals surface area contributed by atoms with Gasteiger partial charge in [-0.25, -0.2) is 0 Å². The van der Waals surface area contributed by atoms with E-state index in [2.05, 4.69) is 28.5 Å². The summed E-state index contributed by atoms with van der Waals surface area (Å²) in [4.78, 5) is 18.0. The Balaban J connectivity index is 1.33. The van der Waals surface area contributed by atoms with Crippen LogP contribution in [0.3, 0.4) is 0 Å². The number of carbonyl (C=O) groups is 1. The Bertz CT molecular complexity index is 1110. The first kappa shape index (κ1) is 20.6. The number of hydrogen-bond donors (Lipinski definition) is 1. The van der Waals surface area contributed by atoms with Crippen LogP contribution in [-0.4, -0.2) is 16.0 Å². The van der Waals surface area contributed by atoms with Crippen LogP contribution in [0.25, 0.3) is 11.4 Å². The lowest BCUT2D eigenvalue weighted by molar-refractivity contribution is -0.116. The Morgan fingerprint density at radius 2 is 2.27 bits per heavy atom. The van der Waals surface area contributed by atoms with Gasteiger partial charge in [-0.2, -0.15) is 10.2 Å². The summed E-state index contributed by atoms with van der Waals surface area (Å²) in [7, 11) is 0. The minimum atomic E-state index is -0.107. The number of nitrogens with zero attached hydrogens (tertiary/aromatic N) is 3. The molecule has 154 valence electrons. The fourth-order valence-corrected chi connectivity index (χ4v) is 5.25. The van der Waals surface area contributed by atoms with Crippen LogP contribution in [0.1, 0.15) is 48.1 Å². The van der Waals surface area contributed by atoms with Crippen LogP contribution in [0.4, 0.5) is 5.00 Å². The van der Waals surface area contributed by atoms with Gasteiger partial charge in [0.25, 0.3) is 0 Å². The third-order valence-electron chi connectivity index (χ3n) is 5.25. The molecule has 2 heterocycles. The lowest BCUT2D eigenvalue weighted by Crippen LogP contribution is -2.12. The maximum absolute atomic E-state index is 12.4. The standard InChI is InChI=1S/C22H21ClN4O2S/c1-13-9-10-14-16(12-24)22(30-18(14)11-13)25-19(28)7-4-8-20-26-21(27-29-20)15-5-2-3-6-17(15)23/h2-3,5-6,13H,4,7-11H2,1H3,(H,25,28)/t13-/m0/s1. The topological polar surface area (TPSA) is 91.8 Å². The number of hydrogen-bond acceptors (Lipinski definition) is 6. The van der Waals surface area contributed by atoms with Crippen molar-refractivity contribution in [1.29, 1.82) is 5.26 Å². The van der Waals surface area contributed by atoms with Crippen molar-refractivity contribution in [2.24, 2.45) is 5.92 Å². The fraction of sp³-hybridized carbons (Fsp3) is 0.364. The number of fused-ring (bicyclic) bond motifs is 1. The molecule has 30 heavy (non-hydrogen) atoms. The summed E-state index contributed by atoms with van der Waals surface area (Å²) in [6.45, 7) is 2.22. The van der Waals surface area contributed by atoms with Crippen LogP contribution in [-0.2, 0) is 24.1 Å². The van der Waals surface area contributed by atoms with Gasteiger partial charge in [0.1, 0.15) is 11.1 Å². The summed E-state index contributed by atoms with van der Waals surface area (Å²) in [5.74, 6) is 1.42. The first-order chi connectivity index (χ1) is 14.5. The zero-order valence-electron chi connectivity index (χ0n) is 16.6. The number of thiophene rings is 1. The molecule has 3 aromatic rings. The quantitative estimate of drug-likeness (QED) is 0.553. The summed E-state index contributed by atoms with van der Waals surface area (Å²) < 4.78 is 5.28. The van der Waals surface area contributed by atoms with Crippen molar-refractivity contribution in [3.05, 3.63) is 51.2 Å². The van der Waals surface area contributed by atoms with E-state index in [1.54, 1.807) is 17.4 Å². The molecule has 1 aliphatic rings. The van der Waals surface area contributed by atoms with E-state index in [0.717, 1.165) is 24.8 Å². The van der Waals surface area contributed by atoms with E-state index in [4.69, 9.17) is 16.1 Å². The van der Waals surface area contributed by atoms with E-state index in [-0.39, 0.29) is 5.91 Å². The van der Waals surface area contributed by atoms with Gasteiger partial charge in [-0.05, 0) is 49.3 Å². The number of rotatable bonds is 6. The summed E-state index contributed by atoms with van der Waals surface area (Å²) >= 11 is 7.71. The van der Waals surface area contributed by atoms with Crippen molar-refractivity contribution in [3.8, 4) is 17.5 Å². The van der Waals surface area contributed by atoms with E-state index >= 15 is 0 Å². The second-order valence-electron chi connectivity index (χ2n) is 7.56. The van der Waals surface area contributed by atoms with Gasteiger partial charge < -0.3 is 9.84 Å². The molecule has 0 unspecified atom stereocenters. The highest BCUT2D eigenvalue weighted by Crippen LogP contribution is 2.39. The molecule has 1 aromatic carbocycles. The van der Waals surface area contributed by atoms with E-state index in [1.807, 2.05) is 18.2 Å². The molecule has 2 aromatic heterocycles. The zero-order chi connectivity index (χ0) is 21.1. The second kappa shape index (κ2) is 8.99. The van der Waals surface area contributed by atoms with Crippen LogP contribution in [0.15, 0.2) is 28.8 Å². The van der Waals surface area contributed by atoms with Crippen LogP contribution in [0.2, 0.25) is 5.02 Å². The Labute approximate surface area is 183 Å². The Morgan fingerprint density at radius 1 is 1.43 bits per heavy atom. The maximum atomic E-state index is 12.4. The molecule has 1 aliphatic carbocycles. The first-order valence-corrected chi connectivity index (χ1v) is 11.2. The number of nitrogens with one attached hydrogen (secondary N) is 1. The van der Waals surface area contributed by atoms with Crippen LogP contribution in [0.5, 0.6) is 0 Å². The Hall–Kier alpha value is -2.69. The molecule has 1 N–H and O–H groups in total. The van der Waals surface area contributed by atoms with Crippen molar-refractivity contribution in [1.82, 2.24) is 10.1 Å². The van der Waals surface area contributed by atoms with E-state index in [9.17, 15) is 10.1 Å². The van der Waals surface area contributed by atoms with Crippen LogP contribution < -0.4 is 5.32 Å². The van der Waals surface area contributed by atoms with Crippen LogP contribution >= 0.6 is 22.9 Å². The normalized spacial score (nSPS) is 15.4. The van der Waals surface area contributed by atoms with Crippen molar-refractivity contribution in [2.75, 3.05) is 5.32 Å². The number of aromatic nitrogens is 2. The second-order valence-corrected chi connectivity index (χ2v) is 9.07. The number of anilines is 1. The molecule has 0 bridgehead atoms. The maximum Gasteiger partial charge on any atom is 0.226 e. The molecule has 0 radical (unpaired) electrons. The number of halogens is 1. The fourth-order valence-electron chi connectivity index (χ4n) is 3.65. The Morgan fingerprint density at radius 3 is 3.07 bits per heavy atom. The van der Waals surface area contributed by atoms with Crippen molar-refractivity contribution < 1.29 is 9.32 Å². The van der Waals surface area contributed by atoms with Gasteiger partial charge in [-0.15, -0.1) is 11.3 Å². The smallest absolute Gasteiger partial charge is 0.226 e. The third kappa shape index (κ3) is 4.40. The molecule has 0 aliphatic heterocycles. The van der Waals surface area contributed by atoms with Gasteiger partial charge in [-0.1, -0.05) is 35.8 Å². The van der Waals surface area contributed by atoms with Crippen LogP contribution in [0, 0.1) is 17.2 Å². The predicted molar refractivity (Wildman–Crippen MR) is 117 cm³/mol. The lowest BCUT2D eigenvalue weighted by atomic mass is 9.88. The number of carbonyl (C=O) groups excluding carboxylic acids is 1. The van der Waals surface area contributed by atoms with Crippen molar-refractivity contribution in [2.45, 2.75) is 45.4 Å². The van der Waals surface area contributed by atoms with E-state index < -0.39 is 0 Å². The summed E-state index contributed by atoms with van der Waals surface area (Å²) in [6.07, 6.45) is 4.36. The molecule has 6 nitrogen and oxygen atoms in total. The van der Waals surface area contributed by atoms with Crippen molar-refractivity contribution >= 4 is 33.8 Å². The monoisotopic (exact) mass is 440 g/mol. The zero-order valence-corrected chi connectivity index (χ0v) is 18.1. The SMILES string of the molecule is C[C@H]1CCc2c(sc(NC(=O)CCCc3nc(-c4ccccc4Cl)no3)c2C#N)C1. The number of nitriles is 1. The Kier molecular flexibility index (Phi) is 6.16. The molecule has 4 rings (SSSR count). The molecule has 8 heteroatoms. The van der Waals surface area contributed by atoms with Gasteiger partial charge >= 0.3 is 0 Å². The average Bonchev–Trinajstić information content (AvgIpc) is 3.32. The molecule has 0 saturated carbocycles. The molecule has 0 fully saturated rings. The minimum absolute atomic E-state index is 0.107. The minimum Gasteiger partial charge on any atom is -0.339 e. The predicted octanol–water partition coefficient (Wildman–Crippen LogP) is 5.41. The summed E-state index contributed by atoms with van der Waals surface area (Å²) in [6, 6.07) is 9.59. The molecule has 0 spiro atoms. The van der Waals surface area contributed by atoms with E-state index in [1.165, 1.54) is 4.88 Å². The highest BCUT2D eigenvalue weighted by atomic mass is 35.5. The molecule has 1 atom stereocenters. The molecule has 1 amide bonds. The highest BCUT2D eigenvalue weighted by molar-refractivity contribution is 7.16. The largest absolute Gasteiger partial charge is 0.339 e. The van der Waals surface area contributed by atoms with Gasteiger partial charge in [0, 0.05) is 23.3 Å². The lowest BCUT2D eigenvalue weighted by Gasteiger charge is -2.17. The summed E-state index contributed by atoms with van der Waals surface area (Å²) in [5, 5.41) is 17.7. The van der Waals surface area contributed by atoms with Gasteiger partial charge in [-0.3, -0.25) is 4.79 Å². The van der Waals surface area contributed by atoms with Gasteiger partial charge in [0.15, 0.2) is 0 Å². The average molecular weight is 441 g/mol. The number of aryl methyl sites for hydroxylation is 1. The molecular formula is C22H21ClN4O2S. The number of amides is 1. The summed E-state index contributed by atoms with van der Waals surface area (Å²) in [5.41, 5.74) is 2.47. The molecular weight excluding hydrogens is 420 g/mol. The van der Waals surface area contributed by atoms with Gasteiger partial charge in [0.2, 0.25) is 17.6 Å².